The SMILES string of the molecule is CC(C)(Oc1cc(C(C)(C)C#N)c(Cl)cc1Cl)C(N)=O. The van der Waals surface area contributed by atoms with E-state index in [9.17, 15) is 10.1 Å². The zero-order valence-electron chi connectivity index (χ0n) is 11.8. The summed E-state index contributed by atoms with van der Waals surface area (Å²) in [5.41, 5.74) is 3.81. The van der Waals surface area contributed by atoms with E-state index in [-0.39, 0.29) is 10.8 Å². The van der Waals surface area contributed by atoms with Crippen molar-refractivity contribution in [2.24, 2.45) is 5.73 Å². The number of amides is 1. The van der Waals surface area contributed by atoms with Crippen LogP contribution >= 0.6 is 23.2 Å². The first kappa shape index (κ1) is 16.6. The molecule has 0 unspecified atom stereocenters. The van der Waals surface area contributed by atoms with E-state index < -0.39 is 16.9 Å². The van der Waals surface area contributed by atoms with Crippen LogP contribution in [0.2, 0.25) is 10.0 Å². The number of ether oxygens (including phenoxy) is 1. The van der Waals surface area contributed by atoms with E-state index in [1.807, 2.05) is 0 Å². The molecule has 0 radical (unpaired) electrons. The summed E-state index contributed by atoms with van der Waals surface area (Å²) in [5, 5.41) is 9.81. The van der Waals surface area contributed by atoms with Crippen molar-refractivity contribution in [3.05, 3.63) is 27.7 Å². The van der Waals surface area contributed by atoms with Crippen LogP contribution in [-0.2, 0) is 10.2 Å². The van der Waals surface area contributed by atoms with Crippen molar-refractivity contribution >= 4 is 29.1 Å². The Bertz CT molecular complexity index is 590. The van der Waals surface area contributed by atoms with Gasteiger partial charge >= 0.3 is 0 Å². The van der Waals surface area contributed by atoms with Crippen molar-refractivity contribution in [1.82, 2.24) is 0 Å². The molecule has 0 spiro atoms. The van der Waals surface area contributed by atoms with Crippen LogP contribution in [0.15, 0.2) is 12.1 Å². The molecule has 0 bridgehead atoms. The molecule has 20 heavy (non-hydrogen) atoms. The van der Waals surface area contributed by atoms with Gasteiger partial charge < -0.3 is 10.5 Å². The smallest absolute Gasteiger partial charge is 0.261 e. The van der Waals surface area contributed by atoms with Crippen LogP contribution in [-0.4, -0.2) is 11.5 Å². The predicted molar refractivity (Wildman–Crippen MR) is 79.0 cm³/mol. The van der Waals surface area contributed by atoms with Gasteiger partial charge in [0.15, 0.2) is 5.60 Å². The molecule has 0 aromatic heterocycles. The van der Waals surface area contributed by atoms with Crippen LogP contribution in [0.1, 0.15) is 33.3 Å². The number of carbonyl (C=O) groups is 1. The molecular formula is C14H16Cl2N2O2. The third-order valence-corrected chi connectivity index (χ3v) is 3.54. The van der Waals surface area contributed by atoms with Crippen LogP contribution in [0.3, 0.4) is 0 Å². The fraction of sp³-hybridized carbons (Fsp3) is 0.429. The lowest BCUT2D eigenvalue weighted by Crippen LogP contribution is -2.43. The maximum absolute atomic E-state index is 11.3. The highest BCUT2D eigenvalue weighted by Crippen LogP contribution is 2.38. The molecule has 0 saturated heterocycles. The van der Waals surface area contributed by atoms with E-state index in [1.165, 1.54) is 19.9 Å². The minimum atomic E-state index is -1.22. The monoisotopic (exact) mass is 314 g/mol. The first-order chi connectivity index (χ1) is 9.01. The van der Waals surface area contributed by atoms with Gasteiger partial charge in [-0.3, -0.25) is 4.79 Å². The molecule has 0 fully saturated rings. The number of nitrogens with zero attached hydrogens (tertiary/aromatic N) is 1. The molecule has 1 rings (SSSR count). The third-order valence-electron chi connectivity index (χ3n) is 2.93. The largest absolute Gasteiger partial charge is 0.476 e. The molecule has 1 aromatic rings. The van der Waals surface area contributed by atoms with Crippen molar-refractivity contribution in [1.29, 1.82) is 5.26 Å². The Balaban J connectivity index is 3.34. The molecule has 108 valence electrons. The number of halogens is 2. The molecule has 0 aliphatic carbocycles. The van der Waals surface area contributed by atoms with E-state index >= 15 is 0 Å². The highest BCUT2D eigenvalue weighted by atomic mass is 35.5. The number of rotatable bonds is 4. The average molecular weight is 315 g/mol. The number of primary amides is 1. The second-order valence-electron chi connectivity index (χ2n) is 5.48. The van der Waals surface area contributed by atoms with Crippen LogP contribution in [0.5, 0.6) is 5.75 Å². The fourth-order valence-corrected chi connectivity index (χ4v) is 2.13. The Morgan fingerprint density at radius 3 is 2.25 bits per heavy atom. The Labute approximate surface area is 128 Å². The van der Waals surface area contributed by atoms with Crippen LogP contribution in [0, 0.1) is 11.3 Å². The molecule has 0 aliphatic rings. The number of nitrogens with two attached hydrogens (primary N) is 1. The van der Waals surface area contributed by atoms with Gasteiger partial charge in [-0.05, 0) is 45.4 Å². The van der Waals surface area contributed by atoms with Crippen molar-refractivity contribution < 1.29 is 9.53 Å². The molecule has 1 amide bonds. The predicted octanol–water partition coefficient (Wildman–Crippen LogP) is 3.44. The Kier molecular flexibility index (Phi) is 4.58. The molecule has 4 nitrogen and oxygen atoms in total. The zero-order chi connectivity index (χ0) is 15.7. The highest BCUT2D eigenvalue weighted by Gasteiger charge is 2.30. The Hall–Kier alpha value is -1.44. The van der Waals surface area contributed by atoms with Gasteiger partial charge in [0.1, 0.15) is 5.75 Å². The summed E-state index contributed by atoms with van der Waals surface area (Å²) in [6, 6.07) is 5.21. The summed E-state index contributed by atoms with van der Waals surface area (Å²) in [4.78, 5) is 11.3. The van der Waals surface area contributed by atoms with E-state index in [0.29, 0.717) is 10.6 Å². The fourth-order valence-electron chi connectivity index (χ4n) is 1.47. The van der Waals surface area contributed by atoms with E-state index in [0.717, 1.165) is 0 Å². The maximum atomic E-state index is 11.3. The second kappa shape index (κ2) is 5.51. The van der Waals surface area contributed by atoms with Gasteiger partial charge in [0.05, 0.1) is 16.5 Å². The summed E-state index contributed by atoms with van der Waals surface area (Å²) in [7, 11) is 0. The zero-order valence-corrected chi connectivity index (χ0v) is 13.3. The molecule has 1 aromatic carbocycles. The van der Waals surface area contributed by atoms with Gasteiger partial charge in [0, 0.05) is 5.02 Å². The summed E-state index contributed by atoms with van der Waals surface area (Å²) in [6.07, 6.45) is 0. The van der Waals surface area contributed by atoms with Gasteiger partial charge in [0.25, 0.3) is 5.91 Å². The second-order valence-corrected chi connectivity index (χ2v) is 6.29. The van der Waals surface area contributed by atoms with Crippen molar-refractivity contribution in [2.75, 3.05) is 0 Å². The summed E-state index contributed by atoms with van der Waals surface area (Å²) in [6.45, 7) is 6.53. The quantitative estimate of drug-likeness (QED) is 0.924. The molecule has 0 aliphatic heterocycles. The number of nitriles is 1. The minimum absolute atomic E-state index is 0.252. The van der Waals surface area contributed by atoms with Gasteiger partial charge in [-0.1, -0.05) is 23.2 Å². The maximum Gasteiger partial charge on any atom is 0.261 e. The summed E-state index contributed by atoms with van der Waals surface area (Å²) in [5.74, 6) is -0.359. The van der Waals surface area contributed by atoms with Gasteiger partial charge in [-0.15, -0.1) is 0 Å². The number of hydrogen-bond donors (Lipinski definition) is 1. The Morgan fingerprint density at radius 1 is 1.25 bits per heavy atom. The van der Waals surface area contributed by atoms with Crippen LogP contribution in [0.4, 0.5) is 0 Å². The molecule has 6 heteroatoms. The standard InChI is InChI=1S/C14H16Cl2N2O2/c1-13(2,7-17)8-5-11(10(16)6-9(8)15)20-14(3,4)12(18)19/h5-6H,1-4H3,(H2,18,19). The van der Waals surface area contributed by atoms with E-state index in [1.54, 1.807) is 19.9 Å². The topological polar surface area (TPSA) is 76.1 Å². The van der Waals surface area contributed by atoms with Gasteiger partial charge in [-0.2, -0.15) is 5.26 Å². The average Bonchev–Trinajstić information content (AvgIpc) is 2.32. The van der Waals surface area contributed by atoms with Crippen molar-refractivity contribution in [3.8, 4) is 11.8 Å². The first-order valence-electron chi connectivity index (χ1n) is 5.91. The highest BCUT2D eigenvalue weighted by molar-refractivity contribution is 6.36. The van der Waals surface area contributed by atoms with Gasteiger partial charge in [0.2, 0.25) is 0 Å². The molecule has 0 atom stereocenters. The van der Waals surface area contributed by atoms with Crippen LogP contribution in [0.25, 0.3) is 0 Å². The third kappa shape index (κ3) is 3.36. The Morgan fingerprint density at radius 2 is 1.80 bits per heavy atom. The first-order valence-corrected chi connectivity index (χ1v) is 6.66. The number of hydrogen-bond acceptors (Lipinski definition) is 3. The lowest BCUT2D eigenvalue weighted by molar-refractivity contribution is -0.130. The van der Waals surface area contributed by atoms with Crippen LogP contribution < -0.4 is 10.5 Å². The van der Waals surface area contributed by atoms with Crippen molar-refractivity contribution in [2.45, 2.75) is 38.7 Å². The molecule has 2 N–H and O–H groups in total. The number of carbonyl (C=O) groups excluding carboxylic acids is 1. The van der Waals surface area contributed by atoms with E-state index in [2.05, 4.69) is 6.07 Å². The van der Waals surface area contributed by atoms with Crippen molar-refractivity contribution in [3.63, 3.8) is 0 Å². The molecular weight excluding hydrogens is 299 g/mol. The minimum Gasteiger partial charge on any atom is -0.476 e. The van der Waals surface area contributed by atoms with Gasteiger partial charge in [-0.25, -0.2) is 0 Å². The lowest BCUT2D eigenvalue weighted by atomic mass is 9.86. The summed E-state index contributed by atoms with van der Waals surface area (Å²) < 4.78 is 5.55. The lowest BCUT2D eigenvalue weighted by Gasteiger charge is -2.25. The summed E-state index contributed by atoms with van der Waals surface area (Å²) >= 11 is 12.2. The number of benzene rings is 1. The molecule has 0 saturated carbocycles. The molecule has 0 heterocycles. The van der Waals surface area contributed by atoms with E-state index in [4.69, 9.17) is 33.7 Å². The normalized spacial score (nSPS) is 11.8.